The van der Waals surface area contributed by atoms with Gasteiger partial charge < -0.3 is 21.9 Å². The Morgan fingerprint density at radius 2 is 1.71 bits per heavy atom. The van der Waals surface area contributed by atoms with E-state index < -0.39 is 0 Å². The van der Waals surface area contributed by atoms with Gasteiger partial charge >= 0.3 is 0 Å². The van der Waals surface area contributed by atoms with Crippen molar-refractivity contribution in [1.29, 1.82) is 0 Å². The highest BCUT2D eigenvalue weighted by Gasteiger charge is 2.14. The predicted molar refractivity (Wildman–Crippen MR) is 96.5 cm³/mol. The lowest BCUT2D eigenvalue weighted by molar-refractivity contribution is 0.302. The van der Waals surface area contributed by atoms with Gasteiger partial charge in [-0.2, -0.15) is 4.98 Å². The van der Waals surface area contributed by atoms with Gasteiger partial charge in [-0.3, -0.25) is 0 Å². The van der Waals surface area contributed by atoms with Crippen molar-refractivity contribution in [2.45, 2.75) is 6.61 Å². The summed E-state index contributed by atoms with van der Waals surface area (Å²) in [6.45, 7) is 0.183. The molecule has 2 aromatic carbocycles. The van der Waals surface area contributed by atoms with Gasteiger partial charge in [0.15, 0.2) is 0 Å². The maximum Gasteiger partial charge on any atom is 0.222 e. The zero-order valence-electron chi connectivity index (χ0n) is 12.7. The minimum Gasteiger partial charge on any atom is -0.487 e. The summed E-state index contributed by atoms with van der Waals surface area (Å²) in [5.41, 5.74) is 20.1. The molecule has 6 nitrogen and oxygen atoms in total. The number of aromatic nitrogens is 2. The maximum absolute atomic E-state index is 6.07. The highest BCUT2D eigenvalue weighted by molar-refractivity contribution is 6.30. The van der Waals surface area contributed by atoms with Crippen molar-refractivity contribution in [2.75, 3.05) is 17.2 Å². The second-order valence-corrected chi connectivity index (χ2v) is 5.59. The van der Waals surface area contributed by atoms with Crippen LogP contribution in [0.3, 0.4) is 0 Å². The van der Waals surface area contributed by atoms with Crippen LogP contribution in [-0.4, -0.2) is 9.97 Å². The van der Waals surface area contributed by atoms with Gasteiger partial charge in [-0.15, -0.1) is 0 Å². The molecule has 0 aliphatic rings. The summed E-state index contributed by atoms with van der Waals surface area (Å²) >= 11 is 6.07. The minimum atomic E-state index is 0.0918. The Hall–Kier alpha value is -2.99. The molecular weight excluding hydrogens is 326 g/mol. The number of ether oxygens (including phenoxy) is 1. The van der Waals surface area contributed by atoms with Gasteiger partial charge in [0.1, 0.15) is 18.2 Å². The zero-order valence-corrected chi connectivity index (χ0v) is 13.5. The van der Waals surface area contributed by atoms with Crippen LogP contribution < -0.4 is 21.9 Å². The zero-order chi connectivity index (χ0) is 17.1. The summed E-state index contributed by atoms with van der Waals surface area (Å²) < 4.78 is 5.76. The van der Waals surface area contributed by atoms with Crippen molar-refractivity contribution in [3.05, 3.63) is 59.2 Å². The number of anilines is 3. The van der Waals surface area contributed by atoms with E-state index in [0.29, 0.717) is 27.7 Å². The van der Waals surface area contributed by atoms with Crippen molar-refractivity contribution in [3.8, 4) is 16.9 Å². The van der Waals surface area contributed by atoms with Crippen molar-refractivity contribution in [1.82, 2.24) is 9.97 Å². The van der Waals surface area contributed by atoms with Gasteiger partial charge in [0.25, 0.3) is 0 Å². The van der Waals surface area contributed by atoms with Crippen LogP contribution in [-0.2, 0) is 6.61 Å². The van der Waals surface area contributed by atoms with Crippen molar-refractivity contribution in [3.63, 3.8) is 0 Å². The second kappa shape index (κ2) is 6.64. The van der Waals surface area contributed by atoms with Crippen molar-refractivity contribution >= 4 is 29.1 Å². The molecule has 3 rings (SSSR count). The normalized spacial score (nSPS) is 10.5. The molecule has 0 saturated heterocycles. The predicted octanol–water partition coefficient (Wildman–Crippen LogP) is 3.12. The van der Waals surface area contributed by atoms with E-state index in [-0.39, 0.29) is 18.4 Å². The first kappa shape index (κ1) is 15.9. The van der Waals surface area contributed by atoms with E-state index >= 15 is 0 Å². The summed E-state index contributed by atoms with van der Waals surface area (Å²) in [5.74, 6) is 1.03. The standard InChI is InChI=1S/C17H16ClN5O/c18-11-3-1-2-10(8-11)15-14(22-17(21)23-16(15)20)9-24-13-6-4-12(19)5-7-13/h1-8H,9,19H2,(H4,20,21,22,23). The van der Waals surface area contributed by atoms with E-state index in [2.05, 4.69) is 9.97 Å². The number of hydrogen-bond donors (Lipinski definition) is 3. The van der Waals surface area contributed by atoms with Crippen LogP contribution in [0.2, 0.25) is 5.02 Å². The summed E-state index contributed by atoms with van der Waals surface area (Å²) in [7, 11) is 0. The van der Waals surface area contributed by atoms with Gasteiger partial charge in [0, 0.05) is 16.3 Å². The first-order chi connectivity index (χ1) is 11.5. The van der Waals surface area contributed by atoms with E-state index in [9.17, 15) is 0 Å². The number of nitrogens with zero attached hydrogens (tertiary/aromatic N) is 2. The molecule has 0 fully saturated rings. The molecule has 0 saturated carbocycles. The third-order valence-electron chi connectivity index (χ3n) is 3.40. The SMILES string of the molecule is Nc1ccc(OCc2nc(N)nc(N)c2-c2cccc(Cl)c2)cc1. The molecule has 0 atom stereocenters. The Bertz CT molecular complexity index is 867. The molecule has 0 radical (unpaired) electrons. The fourth-order valence-electron chi connectivity index (χ4n) is 2.32. The fourth-order valence-corrected chi connectivity index (χ4v) is 2.52. The van der Waals surface area contributed by atoms with Crippen LogP contribution >= 0.6 is 11.6 Å². The smallest absolute Gasteiger partial charge is 0.222 e. The second-order valence-electron chi connectivity index (χ2n) is 5.16. The molecule has 1 aromatic heterocycles. The number of nitrogens with two attached hydrogens (primary N) is 3. The molecule has 0 aliphatic carbocycles. The van der Waals surface area contributed by atoms with Crippen LogP contribution in [0.4, 0.5) is 17.5 Å². The third kappa shape index (κ3) is 3.49. The molecule has 122 valence electrons. The monoisotopic (exact) mass is 341 g/mol. The largest absolute Gasteiger partial charge is 0.487 e. The summed E-state index contributed by atoms with van der Waals surface area (Å²) in [5, 5.41) is 0.592. The molecule has 0 unspecified atom stereocenters. The molecular formula is C17H16ClN5O. The minimum absolute atomic E-state index is 0.0918. The van der Waals surface area contributed by atoms with E-state index in [4.69, 9.17) is 33.5 Å². The van der Waals surface area contributed by atoms with Gasteiger partial charge in [-0.05, 0) is 42.0 Å². The Kier molecular flexibility index (Phi) is 4.39. The first-order valence-electron chi connectivity index (χ1n) is 7.19. The van der Waals surface area contributed by atoms with Gasteiger partial charge in [0.2, 0.25) is 5.95 Å². The molecule has 0 amide bonds. The molecule has 7 heteroatoms. The maximum atomic E-state index is 6.07. The molecule has 24 heavy (non-hydrogen) atoms. The van der Waals surface area contributed by atoms with Gasteiger partial charge in [0.05, 0.1) is 5.69 Å². The number of benzene rings is 2. The van der Waals surface area contributed by atoms with Crippen LogP contribution in [0.1, 0.15) is 5.69 Å². The Labute approximate surface area is 144 Å². The molecule has 0 spiro atoms. The lowest BCUT2D eigenvalue weighted by Crippen LogP contribution is -2.09. The van der Waals surface area contributed by atoms with Crippen LogP contribution in [0.15, 0.2) is 48.5 Å². The van der Waals surface area contributed by atoms with E-state index in [1.54, 1.807) is 36.4 Å². The average Bonchev–Trinajstić information content (AvgIpc) is 2.53. The van der Waals surface area contributed by atoms with Crippen LogP contribution in [0.25, 0.3) is 11.1 Å². The van der Waals surface area contributed by atoms with E-state index in [1.807, 2.05) is 12.1 Å². The molecule has 0 bridgehead atoms. The number of hydrogen-bond acceptors (Lipinski definition) is 6. The molecule has 3 aromatic rings. The quantitative estimate of drug-likeness (QED) is 0.628. The first-order valence-corrected chi connectivity index (χ1v) is 7.57. The van der Waals surface area contributed by atoms with Crippen LogP contribution in [0.5, 0.6) is 5.75 Å². The van der Waals surface area contributed by atoms with Crippen molar-refractivity contribution in [2.24, 2.45) is 0 Å². The Balaban J connectivity index is 1.95. The summed E-state index contributed by atoms with van der Waals surface area (Å²) in [6.07, 6.45) is 0. The lowest BCUT2D eigenvalue weighted by Gasteiger charge is -2.13. The van der Waals surface area contributed by atoms with Gasteiger partial charge in [-0.25, -0.2) is 4.98 Å². The van der Waals surface area contributed by atoms with Gasteiger partial charge in [-0.1, -0.05) is 23.7 Å². The van der Waals surface area contributed by atoms with E-state index in [0.717, 1.165) is 5.56 Å². The Morgan fingerprint density at radius 3 is 2.42 bits per heavy atom. The number of halogens is 1. The molecule has 0 aliphatic heterocycles. The highest BCUT2D eigenvalue weighted by Crippen LogP contribution is 2.30. The fraction of sp³-hybridized carbons (Fsp3) is 0.0588. The van der Waals surface area contributed by atoms with Crippen molar-refractivity contribution < 1.29 is 4.74 Å². The van der Waals surface area contributed by atoms with E-state index in [1.165, 1.54) is 0 Å². The number of rotatable bonds is 4. The summed E-state index contributed by atoms with van der Waals surface area (Å²) in [6, 6.07) is 14.4. The number of nitrogen functional groups attached to an aromatic ring is 3. The summed E-state index contributed by atoms with van der Waals surface area (Å²) in [4.78, 5) is 8.30. The topological polar surface area (TPSA) is 113 Å². The highest BCUT2D eigenvalue weighted by atomic mass is 35.5. The lowest BCUT2D eigenvalue weighted by atomic mass is 10.0. The molecule has 1 heterocycles. The molecule has 6 N–H and O–H groups in total. The average molecular weight is 342 g/mol. The third-order valence-corrected chi connectivity index (χ3v) is 3.63. The van der Waals surface area contributed by atoms with Crippen LogP contribution in [0, 0.1) is 0 Å². The Morgan fingerprint density at radius 1 is 0.958 bits per heavy atom.